The van der Waals surface area contributed by atoms with Crippen molar-refractivity contribution in [2.24, 2.45) is 0 Å². The minimum absolute atomic E-state index is 0.0969. The van der Waals surface area contributed by atoms with E-state index in [2.05, 4.69) is 37.1 Å². The molecule has 1 aliphatic heterocycles. The van der Waals surface area contributed by atoms with Gasteiger partial charge in [-0.3, -0.25) is 9.88 Å². The van der Waals surface area contributed by atoms with Crippen molar-refractivity contribution < 1.29 is 8.42 Å². The molecule has 5 rings (SSSR count). The predicted molar refractivity (Wildman–Crippen MR) is 138 cm³/mol. The Morgan fingerprint density at radius 3 is 2.63 bits per heavy atom. The first-order chi connectivity index (χ1) is 16.9. The van der Waals surface area contributed by atoms with E-state index in [0.717, 1.165) is 45.7 Å². The third-order valence-electron chi connectivity index (χ3n) is 5.98. The number of nitrogen functional groups attached to an aromatic ring is 1. The molecule has 0 bridgehead atoms. The number of thiazole rings is 1. The number of sulfonamides is 1. The molecule has 0 saturated carbocycles. The number of aromatic nitrogens is 4. The van der Waals surface area contributed by atoms with Gasteiger partial charge in [0.1, 0.15) is 12.1 Å². The SMILES string of the molecule is C[C@@H](CN1CCN(S(=O)(=O)c2cnc(N)s2)CC1)Nc1ncnc2c(-c3cccnc3)cccc12. The van der Waals surface area contributed by atoms with Crippen molar-refractivity contribution in [3.63, 3.8) is 0 Å². The first kappa shape index (κ1) is 23.5. The zero-order chi connectivity index (χ0) is 24.4. The number of nitrogens with zero attached hydrogens (tertiary/aromatic N) is 6. The third kappa shape index (κ3) is 4.96. The molecule has 0 spiro atoms. The van der Waals surface area contributed by atoms with E-state index in [1.807, 2.05) is 36.5 Å². The standard InChI is InChI=1S/C23H26N8O2S2/c1-16(14-30-8-10-31(11-9-30)35(32,33)20-13-26-23(24)34-20)29-22-19-6-2-5-18(21(19)27-15-28-22)17-4-3-7-25-12-17/h2-7,12-13,15-16H,8-11,14H2,1H3,(H2,24,26)(H,27,28,29)/t16-/m0/s1. The zero-order valence-electron chi connectivity index (χ0n) is 19.2. The summed E-state index contributed by atoms with van der Waals surface area (Å²) in [4.78, 5) is 19.4. The van der Waals surface area contributed by atoms with Crippen LogP contribution < -0.4 is 11.1 Å². The number of nitrogens with one attached hydrogen (secondary N) is 1. The molecule has 4 heterocycles. The van der Waals surface area contributed by atoms with E-state index >= 15 is 0 Å². The van der Waals surface area contributed by atoms with Gasteiger partial charge in [-0.15, -0.1) is 0 Å². The highest BCUT2D eigenvalue weighted by Crippen LogP contribution is 2.30. The van der Waals surface area contributed by atoms with Gasteiger partial charge in [0.05, 0.1) is 11.7 Å². The molecule has 3 aromatic heterocycles. The van der Waals surface area contributed by atoms with Gasteiger partial charge >= 0.3 is 0 Å². The van der Waals surface area contributed by atoms with Crippen LogP contribution >= 0.6 is 11.3 Å². The van der Waals surface area contributed by atoms with Gasteiger partial charge in [0.2, 0.25) is 0 Å². The highest BCUT2D eigenvalue weighted by Gasteiger charge is 2.30. The molecular formula is C23H26N8O2S2. The third-order valence-corrected chi connectivity index (χ3v) is 9.14. The summed E-state index contributed by atoms with van der Waals surface area (Å²) in [6, 6.07) is 10.1. The summed E-state index contributed by atoms with van der Waals surface area (Å²) in [5.41, 5.74) is 8.50. The molecule has 0 amide bonds. The monoisotopic (exact) mass is 510 g/mol. The Morgan fingerprint density at radius 1 is 1.09 bits per heavy atom. The second kappa shape index (κ2) is 9.82. The van der Waals surface area contributed by atoms with E-state index < -0.39 is 10.0 Å². The van der Waals surface area contributed by atoms with E-state index in [-0.39, 0.29) is 15.4 Å². The molecule has 1 fully saturated rings. The van der Waals surface area contributed by atoms with Crippen molar-refractivity contribution in [1.29, 1.82) is 0 Å². The van der Waals surface area contributed by atoms with E-state index in [1.54, 1.807) is 12.5 Å². The lowest BCUT2D eigenvalue weighted by Gasteiger charge is -2.35. The van der Waals surface area contributed by atoms with Crippen LogP contribution in [0.2, 0.25) is 0 Å². The van der Waals surface area contributed by atoms with E-state index in [9.17, 15) is 8.42 Å². The molecule has 0 aliphatic carbocycles. The first-order valence-electron chi connectivity index (χ1n) is 11.3. The lowest BCUT2D eigenvalue weighted by Crippen LogP contribution is -2.50. The summed E-state index contributed by atoms with van der Waals surface area (Å²) >= 11 is 0.999. The van der Waals surface area contributed by atoms with Crippen LogP contribution in [0.15, 0.2) is 59.5 Å². The second-order valence-electron chi connectivity index (χ2n) is 8.43. The van der Waals surface area contributed by atoms with E-state index in [1.165, 1.54) is 10.5 Å². The molecule has 1 aliphatic rings. The van der Waals surface area contributed by atoms with Crippen LogP contribution in [0.25, 0.3) is 22.0 Å². The number of piperazine rings is 1. The van der Waals surface area contributed by atoms with Gasteiger partial charge < -0.3 is 11.1 Å². The molecule has 10 nitrogen and oxygen atoms in total. The normalized spacial score (nSPS) is 16.4. The lowest BCUT2D eigenvalue weighted by molar-refractivity contribution is 0.184. The van der Waals surface area contributed by atoms with Gasteiger partial charge in [-0.1, -0.05) is 29.5 Å². The van der Waals surface area contributed by atoms with Crippen molar-refractivity contribution >= 4 is 43.2 Å². The average Bonchev–Trinajstić information content (AvgIpc) is 3.32. The Bertz CT molecular complexity index is 1420. The van der Waals surface area contributed by atoms with E-state index in [4.69, 9.17) is 5.73 Å². The smallest absolute Gasteiger partial charge is 0.254 e. The number of hydrogen-bond donors (Lipinski definition) is 2. The Kier molecular flexibility index (Phi) is 6.60. The van der Waals surface area contributed by atoms with Gasteiger partial charge in [-0.2, -0.15) is 4.31 Å². The molecular weight excluding hydrogens is 484 g/mol. The van der Waals surface area contributed by atoms with Gasteiger partial charge in [-0.25, -0.2) is 23.4 Å². The van der Waals surface area contributed by atoms with Crippen LogP contribution in [0.1, 0.15) is 6.92 Å². The summed E-state index contributed by atoms with van der Waals surface area (Å²) in [5.74, 6) is 0.775. The largest absolute Gasteiger partial charge is 0.375 e. The Labute approximate surface area is 207 Å². The van der Waals surface area contributed by atoms with Crippen LogP contribution in [-0.4, -0.2) is 76.3 Å². The number of anilines is 2. The number of benzene rings is 1. The topological polar surface area (TPSA) is 130 Å². The maximum absolute atomic E-state index is 12.8. The molecule has 1 atom stereocenters. The molecule has 4 aromatic rings. The number of rotatable bonds is 7. The Balaban J connectivity index is 1.24. The molecule has 0 radical (unpaired) electrons. The van der Waals surface area contributed by atoms with Crippen molar-refractivity contribution in [1.82, 2.24) is 29.1 Å². The fourth-order valence-corrected chi connectivity index (χ4v) is 6.79. The highest BCUT2D eigenvalue weighted by molar-refractivity contribution is 7.91. The van der Waals surface area contributed by atoms with Crippen LogP contribution in [0.5, 0.6) is 0 Å². The van der Waals surface area contributed by atoms with Crippen LogP contribution in [0.3, 0.4) is 0 Å². The number of nitrogens with two attached hydrogens (primary N) is 1. The average molecular weight is 511 g/mol. The maximum atomic E-state index is 12.8. The van der Waals surface area contributed by atoms with Crippen molar-refractivity contribution in [3.8, 4) is 11.1 Å². The highest BCUT2D eigenvalue weighted by atomic mass is 32.2. The molecule has 3 N–H and O–H groups in total. The van der Waals surface area contributed by atoms with Gasteiger partial charge in [-0.05, 0) is 19.1 Å². The quantitative estimate of drug-likeness (QED) is 0.385. The number of para-hydroxylation sites is 1. The van der Waals surface area contributed by atoms with Gasteiger partial charge in [0, 0.05) is 67.7 Å². The fraction of sp³-hybridized carbons (Fsp3) is 0.304. The van der Waals surface area contributed by atoms with Gasteiger partial charge in [0.25, 0.3) is 10.0 Å². The van der Waals surface area contributed by atoms with E-state index in [0.29, 0.717) is 26.2 Å². The van der Waals surface area contributed by atoms with Crippen molar-refractivity contribution in [3.05, 3.63) is 55.2 Å². The molecule has 182 valence electrons. The molecule has 1 aromatic carbocycles. The molecule has 1 saturated heterocycles. The maximum Gasteiger partial charge on any atom is 0.254 e. The van der Waals surface area contributed by atoms with Gasteiger partial charge in [0.15, 0.2) is 9.34 Å². The summed E-state index contributed by atoms with van der Waals surface area (Å²) in [6.45, 7) is 5.01. The number of pyridine rings is 1. The van der Waals surface area contributed by atoms with Crippen molar-refractivity contribution in [2.75, 3.05) is 43.8 Å². The summed E-state index contributed by atoms with van der Waals surface area (Å²) in [7, 11) is -3.55. The Morgan fingerprint density at radius 2 is 1.91 bits per heavy atom. The molecule has 12 heteroatoms. The zero-order valence-corrected chi connectivity index (χ0v) is 20.8. The Hall–Kier alpha value is -3.19. The lowest BCUT2D eigenvalue weighted by atomic mass is 10.0. The number of hydrogen-bond acceptors (Lipinski definition) is 10. The predicted octanol–water partition coefficient (Wildman–Crippen LogP) is 2.54. The van der Waals surface area contributed by atoms with Crippen molar-refractivity contribution in [2.45, 2.75) is 17.2 Å². The molecule has 0 unspecified atom stereocenters. The minimum atomic E-state index is -3.55. The van der Waals surface area contributed by atoms with Crippen LogP contribution in [-0.2, 0) is 10.0 Å². The second-order valence-corrected chi connectivity index (χ2v) is 11.7. The minimum Gasteiger partial charge on any atom is -0.375 e. The summed E-state index contributed by atoms with van der Waals surface area (Å²) in [6.07, 6.45) is 6.49. The van der Waals surface area contributed by atoms with Crippen LogP contribution in [0, 0.1) is 0 Å². The molecule has 35 heavy (non-hydrogen) atoms. The first-order valence-corrected chi connectivity index (χ1v) is 13.5. The number of fused-ring (bicyclic) bond motifs is 1. The fourth-order valence-electron chi connectivity index (χ4n) is 4.29. The summed E-state index contributed by atoms with van der Waals surface area (Å²) < 4.78 is 27.3. The van der Waals surface area contributed by atoms with Crippen LogP contribution in [0.4, 0.5) is 10.9 Å². The summed E-state index contributed by atoms with van der Waals surface area (Å²) in [5, 5.41) is 4.72.